The van der Waals surface area contributed by atoms with Crippen molar-refractivity contribution in [3.8, 4) is 0 Å². The molecule has 0 fully saturated rings. The maximum Gasteiger partial charge on any atom is 0.254 e. The Kier molecular flexibility index (Phi) is 4.48. The smallest absolute Gasteiger partial charge is 0.254 e. The molecule has 0 aliphatic heterocycles. The van der Waals surface area contributed by atoms with Crippen LogP contribution in [0.15, 0.2) is 42.5 Å². The lowest BCUT2D eigenvalue weighted by atomic mass is 10.1. The molecule has 21 heavy (non-hydrogen) atoms. The summed E-state index contributed by atoms with van der Waals surface area (Å²) in [6.07, 6.45) is 0. The van der Waals surface area contributed by atoms with E-state index in [1.165, 1.54) is 12.1 Å². The van der Waals surface area contributed by atoms with Crippen LogP contribution in [-0.4, -0.2) is 17.9 Å². The van der Waals surface area contributed by atoms with Crippen LogP contribution in [0, 0.1) is 5.82 Å². The molecule has 1 unspecified atom stereocenters. The second-order valence-corrected chi connectivity index (χ2v) is 5.35. The number of hydrogen-bond donors (Lipinski definition) is 1. The van der Waals surface area contributed by atoms with Gasteiger partial charge in [0.25, 0.3) is 5.91 Å². The van der Waals surface area contributed by atoms with Crippen molar-refractivity contribution >= 4 is 23.2 Å². The maximum atomic E-state index is 13.0. The highest BCUT2D eigenvalue weighted by Gasteiger charge is 2.19. The first-order valence-corrected chi connectivity index (χ1v) is 6.85. The van der Waals surface area contributed by atoms with Crippen LogP contribution in [0.25, 0.3) is 0 Å². The Morgan fingerprint density at radius 3 is 2.43 bits per heavy atom. The van der Waals surface area contributed by atoms with Crippen LogP contribution in [0.4, 0.5) is 10.1 Å². The van der Waals surface area contributed by atoms with Crippen LogP contribution < -0.4 is 5.73 Å². The first kappa shape index (κ1) is 15.3. The summed E-state index contributed by atoms with van der Waals surface area (Å²) in [5.74, 6) is -0.497. The van der Waals surface area contributed by atoms with Crippen molar-refractivity contribution in [2.45, 2.75) is 13.0 Å². The standard InChI is InChI=1S/C16H16ClFN2O/c1-10(11-3-5-14(18)6-4-11)20(2)16(21)12-7-13(17)9-15(19)8-12/h3-10H,19H2,1-2H3. The third kappa shape index (κ3) is 3.52. The van der Waals surface area contributed by atoms with Gasteiger partial charge in [0.2, 0.25) is 0 Å². The average Bonchev–Trinajstić information content (AvgIpc) is 2.44. The Morgan fingerprint density at radius 1 is 1.24 bits per heavy atom. The Bertz CT molecular complexity index is 638. The number of halogens is 2. The van der Waals surface area contributed by atoms with Crippen molar-refractivity contribution in [1.82, 2.24) is 4.90 Å². The van der Waals surface area contributed by atoms with Crippen molar-refractivity contribution in [3.05, 3.63) is 64.4 Å². The van der Waals surface area contributed by atoms with E-state index in [1.807, 2.05) is 6.92 Å². The molecule has 2 aromatic rings. The second-order valence-electron chi connectivity index (χ2n) is 4.92. The summed E-state index contributed by atoms with van der Waals surface area (Å²) in [7, 11) is 1.69. The SMILES string of the molecule is CC(c1ccc(F)cc1)N(C)C(=O)c1cc(N)cc(Cl)c1. The van der Waals surface area contributed by atoms with Crippen LogP contribution >= 0.6 is 11.6 Å². The van der Waals surface area contributed by atoms with E-state index in [0.29, 0.717) is 16.3 Å². The zero-order chi connectivity index (χ0) is 15.6. The van der Waals surface area contributed by atoms with Gasteiger partial charge in [-0.3, -0.25) is 4.79 Å². The van der Waals surface area contributed by atoms with E-state index in [-0.39, 0.29) is 17.8 Å². The van der Waals surface area contributed by atoms with Crippen molar-refractivity contribution in [1.29, 1.82) is 0 Å². The summed E-state index contributed by atoms with van der Waals surface area (Å²) in [6.45, 7) is 1.87. The first-order chi connectivity index (χ1) is 9.88. The Morgan fingerprint density at radius 2 is 1.86 bits per heavy atom. The maximum absolute atomic E-state index is 13.0. The molecule has 5 heteroatoms. The highest BCUT2D eigenvalue weighted by molar-refractivity contribution is 6.31. The number of carbonyl (C=O) groups excluding carboxylic acids is 1. The lowest BCUT2D eigenvalue weighted by Crippen LogP contribution is -2.29. The largest absolute Gasteiger partial charge is 0.399 e. The minimum absolute atomic E-state index is 0.193. The second kappa shape index (κ2) is 6.14. The Hall–Kier alpha value is -2.07. The zero-order valence-corrected chi connectivity index (χ0v) is 12.6. The zero-order valence-electron chi connectivity index (χ0n) is 11.8. The number of nitrogen functional groups attached to an aromatic ring is 1. The van der Waals surface area contributed by atoms with E-state index in [4.69, 9.17) is 17.3 Å². The third-order valence-corrected chi connectivity index (χ3v) is 3.64. The van der Waals surface area contributed by atoms with E-state index < -0.39 is 0 Å². The van der Waals surface area contributed by atoms with Gasteiger partial charge in [0.15, 0.2) is 0 Å². The molecule has 3 nitrogen and oxygen atoms in total. The molecule has 0 bridgehead atoms. The van der Waals surface area contributed by atoms with E-state index in [1.54, 1.807) is 42.3 Å². The van der Waals surface area contributed by atoms with E-state index in [0.717, 1.165) is 5.56 Å². The minimum atomic E-state index is -0.303. The number of rotatable bonds is 3. The molecule has 1 atom stereocenters. The lowest BCUT2D eigenvalue weighted by Gasteiger charge is -2.25. The van der Waals surface area contributed by atoms with Gasteiger partial charge in [-0.05, 0) is 42.8 Å². The Balaban J connectivity index is 2.23. The minimum Gasteiger partial charge on any atom is -0.399 e. The van der Waals surface area contributed by atoms with Crippen molar-refractivity contribution < 1.29 is 9.18 Å². The number of nitrogens with two attached hydrogens (primary N) is 1. The van der Waals surface area contributed by atoms with Gasteiger partial charge in [0.05, 0.1) is 6.04 Å². The monoisotopic (exact) mass is 306 g/mol. The highest BCUT2D eigenvalue weighted by Crippen LogP contribution is 2.23. The summed E-state index contributed by atoms with van der Waals surface area (Å²) in [5, 5.41) is 0.418. The molecule has 0 spiro atoms. The molecule has 2 aromatic carbocycles. The fourth-order valence-corrected chi connectivity index (χ4v) is 2.32. The molecule has 0 radical (unpaired) electrons. The highest BCUT2D eigenvalue weighted by atomic mass is 35.5. The van der Waals surface area contributed by atoms with E-state index in [9.17, 15) is 9.18 Å². The number of benzene rings is 2. The summed E-state index contributed by atoms with van der Waals surface area (Å²) in [4.78, 5) is 14.0. The van der Waals surface area contributed by atoms with Gasteiger partial charge in [-0.25, -0.2) is 4.39 Å². The van der Waals surface area contributed by atoms with Crippen molar-refractivity contribution in [3.63, 3.8) is 0 Å². The molecule has 0 heterocycles. The number of amides is 1. The fraction of sp³-hybridized carbons (Fsp3) is 0.188. The van der Waals surface area contributed by atoms with Crippen LogP contribution in [-0.2, 0) is 0 Å². The molecule has 2 N–H and O–H groups in total. The average molecular weight is 307 g/mol. The molecular formula is C16H16ClFN2O. The number of anilines is 1. The molecule has 0 aliphatic rings. The molecule has 0 saturated carbocycles. The fourth-order valence-electron chi connectivity index (χ4n) is 2.08. The van der Waals surface area contributed by atoms with E-state index in [2.05, 4.69) is 0 Å². The van der Waals surface area contributed by atoms with Gasteiger partial charge in [0, 0.05) is 23.3 Å². The predicted octanol–water partition coefficient (Wildman–Crippen LogP) is 3.89. The van der Waals surface area contributed by atoms with Gasteiger partial charge in [0.1, 0.15) is 5.82 Å². The molecular weight excluding hydrogens is 291 g/mol. The summed E-state index contributed by atoms with van der Waals surface area (Å²) in [5.41, 5.74) is 7.42. The molecule has 110 valence electrons. The van der Waals surface area contributed by atoms with Gasteiger partial charge in [-0.15, -0.1) is 0 Å². The summed E-state index contributed by atoms with van der Waals surface area (Å²) < 4.78 is 13.0. The first-order valence-electron chi connectivity index (χ1n) is 6.47. The Labute approximate surface area is 128 Å². The predicted molar refractivity (Wildman–Crippen MR) is 82.8 cm³/mol. The van der Waals surface area contributed by atoms with Gasteiger partial charge >= 0.3 is 0 Å². The summed E-state index contributed by atoms with van der Waals surface area (Å²) >= 11 is 5.92. The molecule has 0 aromatic heterocycles. The van der Waals surface area contributed by atoms with Crippen LogP contribution in [0.3, 0.4) is 0 Å². The van der Waals surface area contributed by atoms with Crippen LogP contribution in [0.5, 0.6) is 0 Å². The third-order valence-electron chi connectivity index (χ3n) is 3.42. The summed E-state index contributed by atoms with van der Waals surface area (Å²) in [6, 6.07) is 10.6. The van der Waals surface area contributed by atoms with Gasteiger partial charge < -0.3 is 10.6 Å². The van der Waals surface area contributed by atoms with E-state index >= 15 is 0 Å². The molecule has 0 saturated heterocycles. The van der Waals surface area contributed by atoms with Gasteiger partial charge in [-0.2, -0.15) is 0 Å². The quantitative estimate of drug-likeness (QED) is 0.874. The molecule has 2 rings (SSSR count). The number of hydrogen-bond acceptors (Lipinski definition) is 2. The number of carbonyl (C=O) groups is 1. The topological polar surface area (TPSA) is 46.3 Å². The lowest BCUT2D eigenvalue weighted by molar-refractivity contribution is 0.0742. The van der Waals surface area contributed by atoms with Crippen molar-refractivity contribution in [2.24, 2.45) is 0 Å². The van der Waals surface area contributed by atoms with Crippen molar-refractivity contribution in [2.75, 3.05) is 12.8 Å². The van der Waals surface area contributed by atoms with Gasteiger partial charge in [-0.1, -0.05) is 23.7 Å². The normalized spacial score (nSPS) is 12.0. The van der Waals surface area contributed by atoms with Crippen LogP contribution in [0.2, 0.25) is 5.02 Å². The van der Waals surface area contributed by atoms with Crippen LogP contribution in [0.1, 0.15) is 28.9 Å². The molecule has 0 aliphatic carbocycles. The number of nitrogens with zero attached hydrogens (tertiary/aromatic N) is 1. The molecule has 1 amide bonds.